The first kappa shape index (κ1) is 17.7. The van der Waals surface area contributed by atoms with E-state index in [0.717, 1.165) is 11.1 Å². The minimum absolute atomic E-state index is 0.452. The standard InChI is InChI=1S/C19H22N2O3/c1-14-8-4-5-10-16(14)13-24-17-11-7-6-9-15(17)12-20-21-18(22)19(2,3)23/h4-12,23H,13H2,1-3H3,(H,21,22). The van der Waals surface area contributed by atoms with E-state index in [1.165, 1.54) is 25.6 Å². The Morgan fingerprint density at radius 2 is 1.88 bits per heavy atom. The second-order valence-corrected chi connectivity index (χ2v) is 6.01. The Hall–Kier alpha value is -2.66. The Morgan fingerprint density at radius 3 is 2.58 bits per heavy atom. The van der Waals surface area contributed by atoms with E-state index in [1.807, 2.05) is 55.5 Å². The zero-order chi connectivity index (χ0) is 17.6. The van der Waals surface area contributed by atoms with E-state index < -0.39 is 11.5 Å². The largest absolute Gasteiger partial charge is 0.488 e. The average Bonchev–Trinajstić information content (AvgIpc) is 2.54. The Balaban J connectivity index is 2.05. The van der Waals surface area contributed by atoms with Crippen LogP contribution in [-0.4, -0.2) is 22.8 Å². The summed E-state index contributed by atoms with van der Waals surface area (Å²) in [6, 6.07) is 15.5. The van der Waals surface area contributed by atoms with Crippen molar-refractivity contribution in [3.05, 3.63) is 65.2 Å². The van der Waals surface area contributed by atoms with Crippen molar-refractivity contribution in [1.82, 2.24) is 5.43 Å². The number of carbonyl (C=O) groups excluding carboxylic acids is 1. The van der Waals surface area contributed by atoms with E-state index in [-0.39, 0.29) is 0 Å². The van der Waals surface area contributed by atoms with Crippen molar-refractivity contribution in [1.29, 1.82) is 0 Å². The predicted octanol–water partition coefficient (Wildman–Crippen LogP) is 2.80. The quantitative estimate of drug-likeness (QED) is 0.633. The van der Waals surface area contributed by atoms with Crippen LogP contribution in [0.4, 0.5) is 0 Å². The molecule has 0 saturated heterocycles. The highest BCUT2D eigenvalue weighted by Gasteiger charge is 2.22. The van der Waals surface area contributed by atoms with E-state index >= 15 is 0 Å². The van der Waals surface area contributed by atoms with Gasteiger partial charge in [-0.2, -0.15) is 5.10 Å². The third-order valence-corrected chi connectivity index (χ3v) is 3.49. The molecule has 0 aliphatic heterocycles. The van der Waals surface area contributed by atoms with Gasteiger partial charge in [0.05, 0.1) is 6.21 Å². The molecule has 0 heterocycles. The highest BCUT2D eigenvalue weighted by atomic mass is 16.5. The Kier molecular flexibility index (Phi) is 5.71. The van der Waals surface area contributed by atoms with Crippen LogP contribution in [0.5, 0.6) is 5.75 Å². The minimum atomic E-state index is -1.47. The van der Waals surface area contributed by atoms with Gasteiger partial charge in [0.2, 0.25) is 0 Å². The van der Waals surface area contributed by atoms with Gasteiger partial charge in [0, 0.05) is 5.56 Å². The number of nitrogens with zero attached hydrogens (tertiary/aromatic N) is 1. The Labute approximate surface area is 142 Å². The van der Waals surface area contributed by atoms with Gasteiger partial charge in [0.25, 0.3) is 5.91 Å². The second kappa shape index (κ2) is 7.75. The molecule has 2 rings (SSSR count). The van der Waals surface area contributed by atoms with Crippen molar-refractivity contribution >= 4 is 12.1 Å². The maximum atomic E-state index is 11.6. The first-order valence-corrected chi connectivity index (χ1v) is 7.70. The third-order valence-electron chi connectivity index (χ3n) is 3.49. The van der Waals surface area contributed by atoms with Gasteiger partial charge in [0.1, 0.15) is 18.0 Å². The van der Waals surface area contributed by atoms with Crippen molar-refractivity contribution < 1.29 is 14.6 Å². The van der Waals surface area contributed by atoms with Gasteiger partial charge in [-0.1, -0.05) is 36.4 Å². The number of aryl methyl sites for hydroxylation is 1. The third kappa shape index (κ3) is 4.93. The van der Waals surface area contributed by atoms with E-state index in [2.05, 4.69) is 10.5 Å². The first-order chi connectivity index (χ1) is 11.4. The fourth-order valence-corrected chi connectivity index (χ4v) is 1.94. The number of para-hydroxylation sites is 1. The van der Waals surface area contributed by atoms with Crippen LogP contribution in [0, 0.1) is 6.92 Å². The molecule has 0 aliphatic carbocycles. The zero-order valence-corrected chi connectivity index (χ0v) is 14.1. The summed E-state index contributed by atoms with van der Waals surface area (Å²) in [6.07, 6.45) is 1.50. The lowest BCUT2D eigenvalue weighted by Crippen LogP contribution is -2.39. The smallest absolute Gasteiger partial charge is 0.271 e. The molecular formula is C19H22N2O3. The zero-order valence-electron chi connectivity index (χ0n) is 14.1. The fraction of sp³-hybridized carbons (Fsp3) is 0.263. The SMILES string of the molecule is Cc1ccccc1COc1ccccc1C=NNC(=O)C(C)(C)O. The monoisotopic (exact) mass is 326 g/mol. The van der Waals surface area contributed by atoms with E-state index in [1.54, 1.807) is 0 Å². The molecule has 5 heteroatoms. The summed E-state index contributed by atoms with van der Waals surface area (Å²) in [5.41, 5.74) is 3.85. The molecule has 1 amide bonds. The van der Waals surface area contributed by atoms with E-state index in [4.69, 9.17) is 4.74 Å². The summed E-state index contributed by atoms with van der Waals surface area (Å²) in [6.45, 7) is 5.29. The first-order valence-electron chi connectivity index (χ1n) is 7.70. The maximum Gasteiger partial charge on any atom is 0.271 e. The van der Waals surface area contributed by atoms with Gasteiger partial charge in [-0.25, -0.2) is 5.43 Å². The normalized spacial score (nSPS) is 11.5. The van der Waals surface area contributed by atoms with Crippen molar-refractivity contribution in [3.8, 4) is 5.75 Å². The topological polar surface area (TPSA) is 70.9 Å². The molecule has 0 atom stereocenters. The highest BCUT2D eigenvalue weighted by Crippen LogP contribution is 2.18. The number of carbonyl (C=O) groups is 1. The molecule has 24 heavy (non-hydrogen) atoms. The number of nitrogens with one attached hydrogen (secondary N) is 1. The molecule has 0 aromatic heterocycles. The van der Waals surface area contributed by atoms with E-state index in [9.17, 15) is 9.90 Å². The van der Waals surface area contributed by atoms with Crippen LogP contribution in [0.15, 0.2) is 53.6 Å². The number of hydrazone groups is 1. The molecule has 0 unspecified atom stereocenters. The van der Waals surface area contributed by atoms with Crippen molar-refractivity contribution in [2.45, 2.75) is 33.0 Å². The second-order valence-electron chi connectivity index (χ2n) is 6.01. The number of hydrogen-bond acceptors (Lipinski definition) is 4. The molecule has 0 saturated carbocycles. The molecule has 0 radical (unpaired) electrons. The lowest BCUT2D eigenvalue weighted by Gasteiger charge is -2.14. The van der Waals surface area contributed by atoms with Crippen LogP contribution in [0.1, 0.15) is 30.5 Å². The number of benzene rings is 2. The number of rotatable bonds is 6. The molecule has 0 aliphatic rings. The van der Waals surface area contributed by atoms with Gasteiger partial charge in [-0.05, 0) is 44.0 Å². The van der Waals surface area contributed by atoms with Crippen LogP contribution in [-0.2, 0) is 11.4 Å². The van der Waals surface area contributed by atoms with Gasteiger partial charge in [0.15, 0.2) is 0 Å². The van der Waals surface area contributed by atoms with Crippen molar-refractivity contribution in [2.24, 2.45) is 5.10 Å². The van der Waals surface area contributed by atoms with Crippen molar-refractivity contribution in [3.63, 3.8) is 0 Å². The maximum absolute atomic E-state index is 11.6. The molecule has 2 aromatic rings. The van der Waals surface area contributed by atoms with E-state index in [0.29, 0.717) is 12.4 Å². The Bertz CT molecular complexity index is 733. The summed E-state index contributed by atoms with van der Waals surface area (Å²) in [7, 11) is 0. The molecule has 126 valence electrons. The summed E-state index contributed by atoms with van der Waals surface area (Å²) in [5.74, 6) is 0.0964. The van der Waals surface area contributed by atoms with Gasteiger partial charge in [-0.3, -0.25) is 4.79 Å². The highest BCUT2D eigenvalue weighted by molar-refractivity contribution is 5.87. The molecule has 5 nitrogen and oxygen atoms in total. The summed E-state index contributed by atoms with van der Waals surface area (Å²) in [5, 5.41) is 13.4. The van der Waals surface area contributed by atoms with Gasteiger partial charge < -0.3 is 9.84 Å². The van der Waals surface area contributed by atoms with Crippen LogP contribution < -0.4 is 10.2 Å². The van der Waals surface area contributed by atoms with Crippen LogP contribution in [0.25, 0.3) is 0 Å². The number of amides is 1. The summed E-state index contributed by atoms with van der Waals surface area (Å²) < 4.78 is 5.88. The number of ether oxygens (including phenoxy) is 1. The molecule has 2 aromatic carbocycles. The lowest BCUT2D eigenvalue weighted by atomic mass is 10.1. The summed E-state index contributed by atoms with van der Waals surface area (Å²) >= 11 is 0. The number of hydrogen-bond donors (Lipinski definition) is 2. The minimum Gasteiger partial charge on any atom is -0.488 e. The Morgan fingerprint density at radius 1 is 1.21 bits per heavy atom. The van der Waals surface area contributed by atoms with Crippen LogP contribution in [0.3, 0.4) is 0 Å². The number of aliphatic hydroxyl groups is 1. The van der Waals surface area contributed by atoms with Crippen molar-refractivity contribution in [2.75, 3.05) is 0 Å². The molecule has 0 bridgehead atoms. The van der Waals surface area contributed by atoms with Crippen LogP contribution in [0.2, 0.25) is 0 Å². The van der Waals surface area contributed by atoms with Gasteiger partial charge >= 0.3 is 0 Å². The molecule has 0 fully saturated rings. The fourth-order valence-electron chi connectivity index (χ4n) is 1.94. The summed E-state index contributed by atoms with van der Waals surface area (Å²) in [4.78, 5) is 11.6. The molecule has 0 spiro atoms. The average molecular weight is 326 g/mol. The predicted molar refractivity (Wildman–Crippen MR) is 94.0 cm³/mol. The lowest BCUT2D eigenvalue weighted by molar-refractivity contribution is -0.136. The molecule has 2 N–H and O–H groups in total. The van der Waals surface area contributed by atoms with Crippen LogP contribution >= 0.6 is 0 Å². The van der Waals surface area contributed by atoms with Gasteiger partial charge in [-0.15, -0.1) is 0 Å². The molecular weight excluding hydrogens is 304 g/mol.